The summed E-state index contributed by atoms with van der Waals surface area (Å²) >= 11 is 0. The Kier molecular flexibility index (Phi) is 8.65. The summed E-state index contributed by atoms with van der Waals surface area (Å²) in [6.07, 6.45) is 0.0936. The highest BCUT2D eigenvalue weighted by Crippen LogP contribution is 2.44. The Morgan fingerprint density at radius 2 is 1.62 bits per heavy atom. The van der Waals surface area contributed by atoms with Crippen LogP contribution in [0.5, 0.6) is 0 Å². The Labute approximate surface area is 200 Å². The van der Waals surface area contributed by atoms with Gasteiger partial charge in [0.2, 0.25) is 5.91 Å². The summed E-state index contributed by atoms with van der Waals surface area (Å²) in [5.41, 5.74) is 4.49. The van der Waals surface area contributed by atoms with Gasteiger partial charge in [0.15, 0.2) is 0 Å². The molecular formula is C26H33N3O5. The first-order valence-electron chi connectivity index (χ1n) is 11.6. The van der Waals surface area contributed by atoms with Gasteiger partial charge in [-0.2, -0.15) is 0 Å². The van der Waals surface area contributed by atoms with Crippen LogP contribution in [0.2, 0.25) is 0 Å². The van der Waals surface area contributed by atoms with Gasteiger partial charge < -0.3 is 25.4 Å². The summed E-state index contributed by atoms with van der Waals surface area (Å²) in [5.74, 6) is -2.13. The Morgan fingerprint density at radius 3 is 2.15 bits per heavy atom. The molecule has 2 aromatic carbocycles. The summed E-state index contributed by atoms with van der Waals surface area (Å²) in [6, 6.07) is 15.3. The van der Waals surface area contributed by atoms with Crippen LogP contribution >= 0.6 is 0 Å². The second-order valence-corrected chi connectivity index (χ2v) is 8.80. The molecule has 182 valence electrons. The van der Waals surface area contributed by atoms with Gasteiger partial charge in [-0.05, 0) is 55.7 Å². The van der Waals surface area contributed by atoms with Crippen molar-refractivity contribution in [1.29, 1.82) is 0 Å². The van der Waals surface area contributed by atoms with E-state index in [1.807, 2.05) is 55.4 Å². The zero-order chi connectivity index (χ0) is 24.7. The quantitative estimate of drug-likeness (QED) is 0.469. The first-order valence-corrected chi connectivity index (χ1v) is 11.6. The topological polar surface area (TPSA) is 108 Å². The molecule has 34 heavy (non-hydrogen) atoms. The van der Waals surface area contributed by atoms with Gasteiger partial charge in [0.25, 0.3) is 0 Å². The number of nitrogens with zero attached hydrogens (tertiary/aromatic N) is 1. The van der Waals surface area contributed by atoms with Crippen molar-refractivity contribution in [2.75, 3.05) is 33.8 Å². The fraction of sp³-hybridized carbons (Fsp3) is 0.423. The summed E-state index contributed by atoms with van der Waals surface area (Å²) in [7, 11) is 3.75. The van der Waals surface area contributed by atoms with Crippen LogP contribution in [0.15, 0.2) is 48.5 Å². The largest absolute Gasteiger partial charge is 0.481 e. The van der Waals surface area contributed by atoms with Crippen molar-refractivity contribution in [2.45, 2.75) is 31.7 Å². The van der Waals surface area contributed by atoms with Gasteiger partial charge in [-0.1, -0.05) is 55.5 Å². The maximum Gasteiger partial charge on any atom is 0.407 e. The third-order valence-corrected chi connectivity index (χ3v) is 6.18. The average molecular weight is 468 g/mol. The lowest BCUT2D eigenvalue weighted by atomic mass is 9.98. The lowest BCUT2D eigenvalue weighted by Crippen LogP contribution is -2.49. The monoisotopic (exact) mass is 467 g/mol. The highest BCUT2D eigenvalue weighted by atomic mass is 16.5. The standard InChI is InChI=1S/C26H33N3O5/c1-4-17(25(31)32)15-27-24(30)23(13-14-29(2)3)28-26(33)34-16-22-20-11-7-5-9-18(20)19-10-6-8-12-21(19)22/h5-12,17,22-23H,4,13-16H2,1-3H3,(H,27,30)(H,28,33)(H,31,32). The number of aliphatic carboxylic acids is 1. The van der Waals surface area contributed by atoms with Gasteiger partial charge >= 0.3 is 12.1 Å². The first-order chi connectivity index (χ1) is 16.3. The van der Waals surface area contributed by atoms with Crippen molar-refractivity contribution in [3.8, 4) is 11.1 Å². The first kappa shape index (κ1) is 25.2. The maximum atomic E-state index is 12.7. The van der Waals surface area contributed by atoms with Gasteiger partial charge in [-0.15, -0.1) is 0 Å². The van der Waals surface area contributed by atoms with E-state index < -0.39 is 29.9 Å². The molecule has 0 aliphatic heterocycles. The normalized spacial score (nSPS) is 14.1. The molecule has 0 bridgehead atoms. The molecule has 1 aliphatic carbocycles. The molecule has 1 aliphatic rings. The minimum Gasteiger partial charge on any atom is -0.481 e. The smallest absolute Gasteiger partial charge is 0.407 e. The number of carboxylic acid groups (broad SMARTS) is 1. The highest BCUT2D eigenvalue weighted by molar-refractivity contribution is 5.86. The predicted octanol–water partition coefficient (Wildman–Crippen LogP) is 3.07. The van der Waals surface area contributed by atoms with E-state index in [0.29, 0.717) is 19.4 Å². The van der Waals surface area contributed by atoms with Gasteiger partial charge in [0, 0.05) is 12.5 Å². The van der Waals surface area contributed by atoms with E-state index in [1.165, 1.54) is 0 Å². The predicted molar refractivity (Wildman–Crippen MR) is 130 cm³/mol. The van der Waals surface area contributed by atoms with Crippen molar-refractivity contribution in [2.24, 2.45) is 5.92 Å². The summed E-state index contributed by atoms with van der Waals surface area (Å²) < 4.78 is 5.57. The van der Waals surface area contributed by atoms with E-state index in [4.69, 9.17) is 4.74 Å². The third-order valence-electron chi connectivity index (χ3n) is 6.18. The number of nitrogens with one attached hydrogen (secondary N) is 2. The Bertz CT molecular complexity index is 978. The van der Waals surface area contributed by atoms with Gasteiger partial charge in [0.05, 0.1) is 5.92 Å². The van der Waals surface area contributed by atoms with Crippen LogP contribution in [0.1, 0.15) is 36.8 Å². The van der Waals surface area contributed by atoms with Gasteiger partial charge in [-0.25, -0.2) is 4.79 Å². The number of carbonyl (C=O) groups is 3. The number of rotatable bonds is 11. The fourth-order valence-corrected chi connectivity index (χ4v) is 4.19. The molecule has 0 aromatic heterocycles. The molecule has 8 heteroatoms. The number of benzene rings is 2. The molecule has 3 rings (SSSR count). The molecule has 0 spiro atoms. The van der Waals surface area contributed by atoms with Crippen LogP contribution in [0.25, 0.3) is 11.1 Å². The molecule has 0 fully saturated rings. The maximum absolute atomic E-state index is 12.7. The molecule has 0 heterocycles. The van der Waals surface area contributed by atoms with Crippen LogP contribution in [0.4, 0.5) is 4.79 Å². The lowest BCUT2D eigenvalue weighted by molar-refractivity contribution is -0.141. The molecule has 8 nitrogen and oxygen atoms in total. The van der Waals surface area contributed by atoms with Crippen molar-refractivity contribution in [3.05, 3.63) is 59.7 Å². The number of ether oxygens (including phenoxy) is 1. The van der Waals surface area contributed by atoms with Crippen LogP contribution in [0, 0.1) is 5.92 Å². The molecule has 2 amide bonds. The second kappa shape index (κ2) is 11.7. The van der Waals surface area contributed by atoms with Crippen molar-refractivity contribution in [3.63, 3.8) is 0 Å². The van der Waals surface area contributed by atoms with Crippen molar-refractivity contribution < 1.29 is 24.2 Å². The lowest BCUT2D eigenvalue weighted by Gasteiger charge is -2.22. The number of amides is 2. The molecule has 2 unspecified atom stereocenters. The van der Waals surface area contributed by atoms with Crippen LogP contribution < -0.4 is 10.6 Å². The molecule has 2 atom stereocenters. The summed E-state index contributed by atoms with van der Waals surface area (Å²) in [6.45, 7) is 2.48. The highest BCUT2D eigenvalue weighted by Gasteiger charge is 2.30. The number of alkyl carbamates (subject to hydrolysis) is 1. The molecule has 0 saturated carbocycles. The Morgan fingerprint density at radius 1 is 1.03 bits per heavy atom. The van der Waals surface area contributed by atoms with Crippen LogP contribution in [0.3, 0.4) is 0 Å². The molecular weight excluding hydrogens is 434 g/mol. The molecule has 2 aromatic rings. The van der Waals surface area contributed by atoms with E-state index in [9.17, 15) is 19.5 Å². The molecule has 0 radical (unpaired) electrons. The number of fused-ring (bicyclic) bond motifs is 3. The van der Waals surface area contributed by atoms with Crippen molar-refractivity contribution >= 4 is 18.0 Å². The minimum atomic E-state index is -0.961. The van der Waals surface area contributed by atoms with Crippen molar-refractivity contribution in [1.82, 2.24) is 15.5 Å². The number of carbonyl (C=O) groups excluding carboxylic acids is 2. The number of hydrogen-bond acceptors (Lipinski definition) is 5. The summed E-state index contributed by atoms with van der Waals surface area (Å²) in [5, 5.41) is 14.5. The van der Waals surface area contributed by atoms with E-state index in [-0.39, 0.29) is 19.1 Å². The second-order valence-electron chi connectivity index (χ2n) is 8.80. The van der Waals surface area contributed by atoms with E-state index in [2.05, 4.69) is 22.8 Å². The summed E-state index contributed by atoms with van der Waals surface area (Å²) in [4.78, 5) is 38.5. The number of carboxylic acids is 1. The fourth-order valence-electron chi connectivity index (χ4n) is 4.19. The van der Waals surface area contributed by atoms with Crippen LogP contribution in [-0.2, 0) is 14.3 Å². The van der Waals surface area contributed by atoms with E-state index in [0.717, 1.165) is 22.3 Å². The molecule has 3 N–H and O–H groups in total. The zero-order valence-electron chi connectivity index (χ0n) is 19.9. The average Bonchev–Trinajstić information content (AvgIpc) is 3.14. The molecule has 0 saturated heterocycles. The van der Waals surface area contributed by atoms with Gasteiger partial charge in [0.1, 0.15) is 12.6 Å². The zero-order valence-corrected chi connectivity index (χ0v) is 19.9. The van der Waals surface area contributed by atoms with E-state index >= 15 is 0 Å². The van der Waals surface area contributed by atoms with Crippen LogP contribution in [-0.4, -0.2) is 67.8 Å². The van der Waals surface area contributed by atoms with Gasteiger partial charge in [-0.3, -0.25) is 9.59 Å². The Balaban J connectivity index is 1.63. The number of hydrogen-bond donors (Lipinski definition) is 3. The third kappa shape index (κ3) is 6.14. The SMILES string of the molecule is CCC(CNC(=O)C(CCN(C)C)NC(=O)OCC1c2ccccc2-c2ccccc21)C(=O)O. The van der Waals surface area contributed by atoms with E-state index in [1.54, 1.807) is 6.92 Å². The Hall–Kier alpha value is -3.39. The minimum absolute atomic E-state index is 0.00943.